The summed E-state index contributed by atoms with van der Waals surface area (Å²) < 4.78 is 5.72. The number of likely N-dealkylation sites (tertiary alicyclic amines) is 1. The fraction of sp³-hybridized carbons (Fsp3) is 0.524. The van der Waals surface area contributed by atoms with E-state index < -0.39 is 11.9 Å². The van der Waals surface area contributed by atoms with Gasteiger partial charge in [0.25, 0.3) is 0 Å². The van der Waals surface area contributed by atoms with Gasteiger partial charge in [0.2, 0.25) is 5.91 Å². The highest BCUT2D eigenvalue weighted by Crippen LogP contribution is 2.33. The number of amides is 1. The van der Waals surface area contributed by atoms with E-state index in [9.17, 15) is 14.7 Å². The Labute approximate surface area is 158 Å². The van der Waals surface area contributed by atoms with Gasteiger partial charge in [-0.25, -0.2) is 0 Å². The van der Waals surface area contributed by atoms with Gasteiger partial charge in [0.15, 0.2) is 0 Å². The lowest BCUT2D eigenvalue weighted by Crippen LogP contribution is -2.43. The van der Waals surface area contributed by atoms with Crippen LogP contribution in [0.2, 0.25) is 0 Å². The molecular weight excluding hydrogens is 344 g/mol. The summed E-state index contributed by atoms with van der Waals surface area (Å²) in [5, 5.41) is 10.5. The molecule has 0 saturated carbocycles. The third-order valence-corrected chi connectivity index (χ3v) is 6.16. The zero-order valence-electron chi connectivity index (χ0n) is 15.6. The highest BCUT2D eigenvalue weighted by Gasteiger charge is 2.40. The molecule has 27 heavy (non-hydrogen) atoms. The second-order valence-electron chi connectivity index (χ2n) is 7.74. The predicted molar refractivity (Wildman–Crippen MR) is 102 cm³/mol. The Hall–Kier alpha value is -2.34. The van der Waals surface area contributed by atoms with E-state index in [0.29, 0.717) is 32.5 Å². The number of aromatic amines is 1. The van der Waals surface area contributed by atoms with E-state index in [1.54, 1.807) is 0 Å². The van der Waals surface area contributed by atoms with E-state index in [2.05, 4.69) is 11.1 Å². The molecule has 1 amide bonds. The Morgan fingerprint density at radius 2 is 1.96 bits per heavy atom. The average Bonchev–Trinajstić information content (AvgIpc) is 3.27. The van der Waals surface area contributed by atoms with Gasteiger partial charge in [-0.2, -0.15) is 0 Å². The van der Waals surface area contributed by atoms with Crippen LogP contribution in [0.4, 0.5) is 0 Å². The van der Waals surface area contributed by atoms with Crippen molar-refractivity contribution in [3.63, 3.8) is 0 Å². The highest BCUT2D eigenvalue weighted by atomic mass is 16.5. The summed E-state index contributed by atoms with van der Waals surface area (Å²) in [5.41, 5.74) is 3.18. The first kappa shape index (κ1) is 18.0. The van der Waals surface area contributed by atoms with Crippen molar-refractivity contribution in [3.05, 3.63) is 35.5 Å². The number of carbonyl (C=O) groups is 2. The molecule has 6 heteroatoms. The van der Waals surface area contributed by atoms with Gasteiger partial charge in [0.05, 0.1) is 18.4 Å². The van der Waals surface area contributed by atoms with E-state index in [-0.39, 0.29) is 17.9 Å². The standard InChI is InChI=1S/C21H26N2O4/c1-13-17(15-4-2-3-5-18(15)22-13)12-19(24)23-9-6-14(7-10-23)20-16(21(25)26)8-11-27-20/h2-5,14,16,20,22H,6-12H2,1H3,(H,25,26)/t16?,20-/m0/s1. The van der Waals surface area contributed by atoms with E-state index in [1.807, 2.05) is 30.0 Å². The largest absolute Gasteiger partial charge is 0.481 e. The van der Waals surface area contributed by atoms with Crippen molar-refractivity contribution in [1.82, 2.24) is 9.88 Å². The van der Waals surface area contributed by atoms with Gasteiger partial charge in [0, 0.05) is 36.3 Å². The molecule has 2 aliphatic heterocycles. The number of carboxylic acid groups (broad SMARTS) is 1. The van der Waals surface area contributed by atoms with Gasteiger partial charge in [-0.1, -0.05) is 18.2 Å². The number of hydrogen-bond donors (Lipinski definition) is 2. The van der Waals surface area contributed by atoms with Crippen LogP contribution in [0.15, 0.2) is 24.3 Å². The number of aliphatic carboxylic acids is 1. The molecule has 4 rings (SSSR count). The molecule has 3 heterocycles. The van der Waals surface area contributed by atoms with E-state index in [1.165, 1.54) is 0 Å². The van der Waals surface area contributed by atoms with Crippen LogP contribution in [0.3, 0.4) is 0 Å². The number of carboxylic acids is 1. The van der Waals surface area contributed by atoms with Gasteiger partial charge in [0.1, 0.15) is 0 Å². The topological polar surface area (TPSA) is 82.6 Å². The summed E-state index contributed by atoms with van der Waals surface area (Å²) in [4.78, 5) is 29.5. The number of aryl methyl sites for hydroxylation is 1. The van der Waals surface area contributed by atoms with Crippen molar-refractivity contribution in [2.24, 2.45) is 11.8 Å². The first-order chi connectivity index (χ1) is 13.0. The Morgan fingerprint density at radius 1 is 1.22 bits per heavy atom. The minimum absolute atomic E-state index is 0.142. The average molecular weight is 370 g/mol. The molecule has 1 aromatic carbocycles. The quantitative estimate of drug-likeness (QED) is 0.867. The molecule has 0 aliphatic carbocycles. The van der Waals surface area contributed by atoms with Gasteiger partial charge in [-0.3, -0.25) is 9.59 Å². The Kier molecular flexibility index (Phi) is 4.91. The van der Waals surface area contributed by atoms with Gasteiger partial charge < -0.3 is 19.7 Å². The molecule has 2 aliphatic rings. The number of piperidine rings is 1. The van der Waals surface area contributed by atoms with Crippen molar-refractivity contribution < 1.29 is 19.4 Å². The molecule has 144 valence electrons. The zero-order valence-corrected chi connectivity index (χ0v) is 15.6. The number of nitrogens with one attached hydrogen (secondary N) is 1. The van der Waals surface area contributed by atoms with E-state index in [0.717, 1.165) is 35.0 Å². The van der Waals surface area contributed by atoms with Crippen LogP contribution in [0.5, 0.6) is 0 Å². The number of H-pyrrole nitrogens is 1. The van der Waals surface area contributed by atoms with Gasteiger partial charge in [-0.15, -0.1) is 0 Å². The molecule has 1 unspecified atom stereocenters. The summed E-state index contributed by atoms with van der Waals surface area (Å²) >= 11 is 0. The lowest BCUT2D eigenvalue weighted by atomic mass is 9.84. The molecule has 0 spiro atoms. The SMILES string of the molecule is Cc1[nH]c2ccccc2c1CC(=O)N1CCC([C@@H]2OCCC2C(=O)O)CC1. The number of benzene rings is 1. The molecule has 2 atom stereocenters. The first-order valence-corrected chi connectivity index (χ1v) is 9.73. The highest BCUT2D eigenvalue weighted by molar-refractivity contribution is 5.90. The Bertz CT molecular complexity index is 851. The molecule has 0 radical (unpaired) electrons. The minimum atomic E-state index is -0.759. The number of ether oxygens (including phenoxy) is 1. The predicted octanol–water partition coefficient (Wildman–Crippen LogP) is 2.75. The summed E-state index contributed by atoms with van der Waals surface area (Å²) in [6, 6.07) is 8.07. The molecular formula is C21H26N2O4. The van der Waals surface area contributed by atoms with E-state index in [4.69, 9.17) is 4.74 Å². The lowest BCUT2D eigenvalue weighted by molar-refractivity contribution is -0.145. The number of fused-ring (bicyclic) bond motifs is 1. The Balaban J connectivity index is 1.39. The number of carbonyl (C=O) groups excluding carboxylic acids is 1. The van der Waals surface area contributed by atoms with Gasteiger partial charge >= 0.3 is 5.97 Å². The summed E-state index contributed by atoms with van der Waals surface area (Å²) in [5.74, 6) is -0.784. The van der Waals surface area contributed by atoms with E-state index >= 15 is 0 Å². The van der Waals surface area contributed by atoms with Crippen LogP contribution in [0.25, 0.3) is 10.9 Å². The number of rotatable bonds is 4. The van der Waals surface area contributed by atoms with Crippen molar-refractivity contribution in [3.8, 4) is 0 Å². The number of nitrogens with zero attached hydrogens (tertiary/aromatic N) is 1. The number of para-hydroxylation sites is 1. The number of aromatic nitrogens is 1. The second-order valence-corrected chi connectivity index (χ2v) is 7.74. The smallest absolute Gasteiger partial charge is 0.309 e. The second kappa shape index (κ2) is 7.35. The molecule has 2 saturated heterocycles. The van der Waals surface area contributed by atoms with Crippen LogP contribution >= 0.6 is 0 Å². The maximum absolute atomic E-state index is 12.8. The van der Waals surface area contributed by atoms with Crippen LogP contribution < -0.4 is 0 Å². The summed E-state index contributed by atoms with van der Waals surface area (Å²) in [7, 11) is 0. The van der Waals surface area contributed by atoms with Gasteiger partial charge in [-0.05, 0) is 43.7 Å². The zero-order chi connectivity index (χ0) is 19.0. The fourth-order valence-corrected chi connectivity index (χ4v) is 4.64. The van der Waals surface area contributed by atoms with Crippen LogP contribution in [-0.4, -0.2) is 52.7 Å². The number of hydrogen-bond acceptors (Lipinski definition) is 3. The van der Waals surface area contributed by atoms with Crippen LogP contribution in [0.1, 0.15) is 30.5 Å². The molecule has 0 bridgehead atoms. The summed E-state index contributed by atoms with van der Waals surface area (Å²) in [6.45, 7) is 3.90. The fourth-order valence-electron chi connectivity index (χ4n) is 4.64. The lowest BCUT2D eigenvalue weighted by Gasteiger charge is -2.35. The minimum Gasteiger partial charge on any atom is -0.481 e. The van der Waals surface area contributed by atoms with Crippen LogP contribution in [0, 0.1) is 18.8 Å². The van der Waals surface area contributed by atoms with Crippen molar-refractivity contribution in [1.29, 1.82) is 0 Å². The maximum Gasteiger partial charge on any atom is 0.309 e. The molecule has 1 aromatic heterocycles. The van der Waals surface area contributed by atoms with Crippen molar-refractivity contribution in [2.45, 2.75) is 38.7 Å². The maximum atomic E-state index is 12.8. The Morgan fingerprint density at radius 3 is 2.70 bits per heavy atom. The monoisotopic (exact) mass is 370 g/mol. The summed E-state index contributed by atoms with van der Waals surface area (Å²) in [6.07, 6.45) is 2.42. The molecule has 6 nitrogen and oxygen atoms in total. The van der Waals surface area contributed by atoms with Crippen molar-refractivity contribution in [2.75, 3.05) is 19.7 Å². The first-order valence-electron chi connectivity index (χ1n) is 9.73. The third-order valence-electron chi connectivity index (χ3n) is 6.16. The molecule has 2 fully saturated rings. The third kappa shape index (κ3) is 3.46. The molecule has 2 aromatic rings. The van der Waals surface area contributed by atoms with Crippen LogP contribution in [-0.2, 0) is 20.7 Å². The van der Waals surface area contributed by atoms with Crippen molar-refractivity contribution >= 4 is 22.8 Å². The normalized spacial score (nSPS) is 23.8. The molecule has 2 N–H and O–H groups in total.